The average molecular weight is 176 g/mol. The highest BCUT2D eigenvalue weighted by atomic mass is 14.9. The van der Waals surface area contributed by atoms with E-state index < -0.39 is 0 Å². The first-order valence-corrected chi connectivity index (χ1v) is 4.97. The van der Waals surface area contributed by atoms with Crippen LogP contribution in [0.25, 0.3) is 0 Å². The summed E-state index contributed by atoms with van der Waals surface area (Å²) in [6.45, 7) is 4.39. The Morgan fingerprint density at radius 2 is 2.46 bits per heavy atom. The summed E-state index contributed by atoms with van der Waals surface area (Å²) in [5.74, 6) is 0.824. The Balaban J connectivity index is 1.97. The topological polar surface area (TPSA) is 24.9 Å². The number of aryl methyl sites for hydroxylation is 1. The first-order chi connectivity index (χ1) is 6.34. The Labute approximate surface area is 79.4 Å². The van der Waals surface area contributed by atoms with Gasteiger partial charge >= 0.3 is 0 Å². The number of nitrogens with zero attached hydrogens (tertiary/aromatic N) is 1. The number of nitrogens with one attached hydrogen (secondary N) is 1. The quantitative estimate of drug-likeness (QED) is 0.739. The number of hydrogen-bond donors (Lipinski definition) is 1. The fourth-order valence-corrected chi connectivity index (χ4v) is 1.84. The average Bonchev–Trinajstić information content (AvgIpc) is 2.62. The molecule has 1 N–H and O–H groups in total. The molecule has 1 aromatic rings. The van der Waals surface area contributed by atoms with E-state index in [1.807, 2.05) is 13.1 Å². The molecular formula is C11H16N2. The van der Waals surface area contributed by atoms with Gasteiger partial charge in [0.1, 0.15) is 0 Å². The van der Waals surface area contributed by atoms with Gasteiger partial charge in [0.15, 0.2) is 0 Å². The number of hydrogen-bond acceptors (Lipinski definition) is 2. The molecule has 70 valence electrons. The zero-order valence-corrected chi connectivity index (χ0v) is 8.09. The van der Waals surface area contributed by atoms with Crippen LogP contribution in [0.3, 0.4) is 0 Å². The molecule has 0 amide bonds. The van der Waals surface area contributed by atoms with E-state index in [9.17, 15) is 0 Å². The van der Waals surface area contributed by atoms with E-state index >= 15 is 0 Å². The summed E-state index contributed by atoms with van der Waals surface area (Å²) >= 11 is 0. The van der Waals surface area contributed by atoms with Crippen molar-refractivity contribution in [1.82, 2.24) is 10.3 Å². The Hall–Kier alpha value is -0.890. The Kier molecular flexibility index (Phi) is 2.60. The van der Waals surface area contributed by atoms with Crippen molar-refractivity contribution < 1.29 is 0 Å². The summed E-state index contributed by atoms with van der Waals surface area (Å²) in [5.41, 5.74) is 2.48. The lowest BCUT2D eigenvalue weighted by atomic mass is 10.00. The predicted molar refractivity (Wildman–Crippen MR) is 53.7 cm³/mol. The second-order valence-corrected chi connectivity index (χ2v) is 3.87. The van der Waals surface area contributed by atoms with Crippen molar-refractivity contribution in [2.75, 3.05) is 13.1 Å². The summed E-state index contributed by atoms with van der Waals surface area (Å²) in [4.78, 5) is 4.30. The molecular weight excluding hydrogens is 160 g/mol. The number of aromatic nitrogens is 1. The zero-order valence-electron chi connectivity index (χ0n) is 8.09. The molecule has 0 aromatic carbocycles. The molecule has 1 aliphatic rings. The van der Waals surface area contributed by atoms with Crippen LogP contribution in [0.4, 0.5) is 0 Å². The highest BCUT2D eigenvalue weighted by Gasteiger charge is 2.14. The van der Waals surface area contributed by atoms with Crippen molar-refractivity contribution in [2.24, 2.45) is 5.92 Å². The first-order valence-electron chi connectivity index (χ1n) is 4.97. The van der Waals surface area contributed by atoms with Gasteiger partial charge in [0.25, 0.3) is 0 Å². The second-order valence-electron chi connectivity index (χ2n) is 3.87. The fourth-order valence-electron chi connectivity index (χ4n) is 1.84. The van der Waals surface area contributed by atoms with Gasteiger partial charge in [-0.05, 0) is 50.4 Å². The lowest BCUT2D eigenvalue weighted by Crippen LogP contribution is -2.10. The first kappa shape index (κ1) is 8.70. The minimum Gasteiger partial charge on any atom is -0.316 e. The highest BCUT2D eigenvalue weighted by Crippen LogP contribution is 2.14. The van der Waals surface area contributed by atoms with Crippen molar-refractivity contribution in [1.29, 1.82) is 0 Å². The minimum absolute atomic E-state index is 0.824. The summed E-state index contributed by atoms with van der Waals surface area (Å²) in [5, 5.41) is 3.38. The van der Waals surface area contributed by atoms with E-state index in [-0.39, 0.29) is 0 Å². The minimum atomic E-state index is 0.824. The fraction of sp³-hybridized carbons (Fsp3) is 0.545. The molecule has 2 heteroatoms. The van der Waals surface area contributed by atoms with Gasteiger partial charge in [0, 0.05) is 11.9 Å². The molecule has 1 atom stereocenters. The van der Waals surface area contributed by atoms with Crippen LogP contribution in [0.2, 0.25) is 0 Å². The second kappa shape index (κ2) is 3.88. The molecule has 0 radical (unpaired) electrons. The van der Waals surface area contributed by atoms with Crippen LogP contribution in [-0.4, -0.2) is 18.1 Å². The molecule has 2 rings (SSSR count). The zero-order chi connectivity index (χ0) is 9.10. The molecule has 1 aromatic heterocycles. The summed E-state index contributed by atoms with van der Waals surface area (Å²) in [6, 6.07) is 4.29. The van der Waals surface area contributed by atoms with E-state index in [1.165, 1.54) is 31.5 Å². The van der Waals surface area contributed by atoms with Crippen molar-refractivity contribution in [3.05, 3.63) is 29.6 Å². The third kappa shape index (κ3) is 2.28. The van der Waals surface area contributed by atoms with E-state index in [2.05, 4.69) is 22.4 Å². The van der Waals surface area contributed by atoms with Crippen LogP contribution in [0.1, 0.15) is 17.7 Å². The van der Waals surface area contributed by atoms with Gasteiger partial charge in [0.2, 0.25) is 0 Å². The van der Waals surface area contributed by atoms with Crippen LogP contribution in [-0.2, 0) is 6.42 Å². The highest BCUT2D eigenvalue weighted by molar-refractivity contribution is 5.14. The summed E-state index contributed by atoms with van der Waals surface area (Å²) < 4.78 is 0. The van der Waals surface area contributed by atoms with Gasteiger partial charge in [-0.3, -0.25) is 4.98 Å². The van der Waals surface area contributed by atoms with Gasteiger partial charge in [-0.2, -0.15) is 0 Å². The van der Waals surface area contributed by atoms with Gasteiger partial charge in [0.05, 0.1) is 0 Å². The van der Waals surface area contributed by atoms with Crippen LogP contribution in [0.5, 0.6) is 0 Å². The van der Waals surface area contributed by atoms with Gasteiger partial charge < -0.3 is 5.32 Å². The summed E-state index contributed by atoms with van der Waals surface area (Å²) in [7, 11) is 0. The third-order valence-corrected chi connectivity index (χ3v) is 2.66. The Bertz CT molecular complexity index is 260. The Morgan fingerprint density at radius 1 is 1.54 bits per heavy atom. The molecule has 1 saturated heterocycles. The molecule has 1 unspecified atom stereocenters. The molecule has 0 bridgehead atoms. The molecule has 1 aliphatic heterocycles. The van der Waals surface area contributed by atoms with Gasteiger partial charge in [-0.15, -0.1) is 0 Å². The van der Waals surface area contributed by atoms with E-state index in [0.717, 1.165) is 11.6 Å². The number of rotatable bonds is 2. The standard InChI is InChI=1S/C11H16N2/c1-9-2-3-10(8-13-9)6-11-4-5-12-7-11/h2-3,8,11-12H,4-7H2,1H3. The van der Waals surface area contributed by atoms with E-state index in [4.69, 9.17) is 0 Å². The SMILES string of the molecule is Cc1ccc(CC2CCNC2)cn1. The molecule has 1 fully saturated rings. The van der Waals surface area contributed by atoms with Crippen molar-refractivity contribution in [3.8, 4) is 0 Å². The maximum atomic E-state index is 4.30. The third-order valence-electron chi connectivity index (χ3n) is 2.66. The van der Waals surface area contributed by atoms with E-state index in [0.29, 0.717) is 0 Å². The lowest BCUT2D eigenvalue weighted by Gasteiger charge is -2.07. The van der Waals surface area contributed by atoms with Crippen molar-refractivity contribution in [3.63, 3.8) is 0 Å². The lowest BCUT2D eigenvalue weighted by molar-refractivity contribution is 0.579. The molecule has 2 nitrogen and oxygen atoms in total. The van der Waals surface area contributed by atoms with Crippen molar-refractivity contribution in [2.45, 2.75) is 19.8 Å². The van der Waals surface area contributed by atoms with Crippen LogP contribution >= 0.6 is 0 Å². The molecule has 0 aliphatic carbocycles. The largest absolute Gasteiger partial charge is 0.316 e. The van der Waals surface area contributed by atoms with Crippen LogP contribution < -0.4 is 5.32 Å². The maximum absolute atomic E-state index is 4.30. The predicted octanol–water partition coefficient (Wildman–Crippen LogP) is 1.54. The normalized spacial score (nSPS) is 22.1. The van der Waals surface area contributed by atoms with Gasteiger partial charge in [-0.1, -0.05) is 6.07 Å². The Morgan fingerprint density at radius 3 is 3.08 bits per heavy atom. The van der Waals surface area contributed by atoms with Gasteiger partial charge in [-0.25, -0.2) is 0 Å². The van der Waals surface area contributed by atoms with Crippen molar-refractivity contribution >= 4 is 0 Å². The van der Waals surface area contributed by atoms with Crippen LogP contribution in [0, 0.1) is 12.8 Å². The van der Waals surface area contributed by atoms with Crippen LogP contribution in [0.15, 0.2) is 18.3 Å². The monoisotopic (exact) mass is 176 g/mol. The smallest absolute Gasteiger partial charge is 0.0372 e. The molecule has 2 heterocycles. The molecule has 0 spiro atoms. The summed E-state index contributed by atoms with van der Waals surface area (Å²) in [6.07, 6.45) is 4.50. The number of pyridine rings is 1. The molecule has 0 saturated carbocycles. The van der Waals surface area contributed by atoms with E-state index in [1.54, 1.807) is 0 Å². The maximum Gasteiger partial charge on any atom is 0.0372 e. The molecule has 13 heavy (non-hydrogen) atoms.